The van der Waals surface area contributed by atoms with E-state index >= 15 is 0 Å². The van der Waals surface area contributed by atoms with Crippen molar-refractivity contribution in [1.29, 1.82) is 0 Å². The minimum Gasteiger partial charge on any atom is -0.465 e. The second kappa shape index (κ2) is 5.23. The average molecular weight is 236 g/mol. The lowest BCUT2D eigenvalue weighted by atomic mass is 9.77. The highest BCUT2D eigenvalue weighted by molar-refractivity contribution is 5.05. The summed E-state index contributed by atoms with van der Waals surface area (Å²) in [6.07, 6.45) is 4.87. The molecule has 2 unspecified atom stereocenters. The Bertz CT molecular complexity index is 361. The Labute approximate surface area is 104 Å². The summed E-state index contributed by atoms with van der Waals surface area (Å²) in [5.41, 5.74) is 6.41. The Balaban J connectivity index is 1.77. The normalized spacial score (nSPS) is 29.5. The molecule has 17 heavy (non-hydrogen) atoms. The van der Waals surface area contributed by atoms with E-state index in [1.54, 1.807) is 0 Å². The van der Waals surface area contributed by atoms with E-state index in [-0.39, 0.29) is 5.54 Å². The fourth-order valence-corrected chi connectivity index (χ4v) is 2.88. The minimum atomic E-state index is -0.0146. The molecule has 2 atom stereocenters. The first-order valence-electron chi connectivity index (χ1n) is 6.62. The van der Waals surface area contributed by atoms with Gasteiger partial charge in [-0.3, -0.25) is 0 Å². The molecule has 0 bridgehead atoms. The molecule has 0 spiro atoms. The lowest BCUT2D eigenvalue weighted by Crippen LogP contribution is -2.51. The highest BCUT2D eigenvalue weighted by atomic mass is 16.3. The first-order chi connectivity index (χ1) is 8.07. The van der Waals surface area contributed by atoms with Crippen molar-refractivity contribution < 1.29 is 4.42 Å². The smallest absolute Gasteiger partial charge is 0.117 e. The van der Waals surface area contributed by atoms with Crippen molar-refractivity contribution in [3.05, 3.63) is 23.7 Å². The Hall–Kier alpha value is -0.800. The second-order valence-electron chi connectivity index (χ2n) is 5.68. The van der Waals surface area contributed by atoms with Crippen LogP contribution in [0.4, 0.5) is 0 Å². The molecule has 3 heteroatoms. The zero-order chi connectivity index (χ0) is 12.3. The predicted octanol–water partition coefficient (Wildman–Crippen LogP) is 2.59. The van der Waals surface area contributed by atoms with E-state index in [1.807, 2.05) is 19.1 Å². The third-order valence-electron chi connectivity index (χ3n) is 3.70. The third-order valence-corrected chi connectivity index (χ3v) is 3.70. The zero-order valence-corrected chi connectivity index (χ0v) is 11.0. The van der Waals surface area contributed by atoms with Gasteiger partial charge in [-0.25, -0.2) is 0 Å². The van der Waals surface area contributed by atoms with Crippen LogP contribution in [-0.4, -0.2) is 12.1 Å². The van der Waals surface area contributed by atoms with Gasteiger partial charge in [-0.2, -0.15) is 0 Å². The number of rotatable bonds is 4. The maximum absolute atomic E-state index is 6.43. The van der Waals surface area contributed by atoms with E-state index in [0.717, 1.165) is 43.4 Å². The quantitative estimate of drug-likeness (QED) is 0.845. The van der Waals surface area contributed by atoms with E-state index < -0.39 is 0 Å². The molecule has 3 N–H and O–H groups in total. The summed E-state index contributed by atoms with van der Waals surface area (Å²) in [4.78, 5) is 0. The van der Waals surface area contributed by atoms with Gasteiger partial charge in [0.05, 0.1) is 6.54 Å². The summed E-state index contributed by atoms with van der Waals surface area (Å²) >= 11 is 0. The molecule has 2 rings (SSSR count). The van der Waals surface area contributed by atoms with Gasteiger partial charge >= 0.3 is 0 Å². The minimum absolute atomic E-state index is 0.0146. The molecular weight excluding hydrogens is 212 g/mol. The molecule has 1 aromatic heterocycles. The Morgan fingerprint density at radius 3 is 3.00 bits per heavy atom. The van der Waals surface area contributed by atoms with E-state index in [9.17, 15) is 0 Å². The summed E-state index contributed by atoms with van der Waals surface area (Å²) in [5, 5.41) is 3.43. The maximum Gasteiger partial charge on any atom is 0.117 e. The van der Waals surface area contributed by atoms with Gasteiger partial charge in [0, 0.05) is 12.1 Å². The zero-order valence-electron chi connectivity index (χ0n) is 11.0. The maximum atomic E-state index is 6.43. The molecule has 0 amide bonds. The van der Waals surface area contributed by atoms with Crippen molar-refractivity contribution in [2.75, 3.05) is 6.54 Å². The molecule has 3 nitrogen and oxygen atoms in total. The van der Waals surface area contributed by atoms with Crippen LogP contribution in [-0.2, 0) is 6.54 Å². The molecule has 96 valence electrons. The molecule has 1 heterocycles. The van der Waals surface area contributed by atoms with Crippen LogP contribution >= 0.6 is 0 Å². The van der Waals surface area contributed by atoms with Crippen LogP contribution in [0.3, 0.4) is 0 Å². The fourth-order valence-electron chi connectivity index (χ4n) is 2.88. The molecule has 0 aliphatic heterocycles. The van der Waals surface area contributed by atoms with Gasteiger partial charge in [-0.15, -0.1) is 0 Å². The molecular formula is C14H24N2O. The number of nitrogens with one attached hydrogen (secondary N) is 1. The number of hydrogen-bond acceptors (Lipinski definition) is 3. The standard InChI is InChI=1S/C14H24N2O/c1-11-4-3-7-14(15,8-11)10-16-9-13-6-5-12(2)17-13/h5-6,11,16H,3-4,7-10,15H2,1-2H3. The highest BCUT2D eigenvalue weighted by Crippen LogP contribution is 2.29. The lowest BCUT2D eigenvalue weighted by molar-refractivity contribution is 0.227. The van der Waals surface area contributed by atoms with Gasteiger partial charge in [0.1, 0.15) is 11.5 Å². The molecule has 0 radical (unpaired) electrons. The molecule has 1 aromatic rings. The topological polar surface area (TPSA) is 51.2 Å². The Morgan fingerprint density at radius 2 is 2.35 bits per heavy atom. The van der Waals surface area contributed by atoms with Gasteiger partial charge in [0.15, 0.2) is 0 Å². The molecule has 1 aliphatic carbocycles. The Kier molecular flexibility index (Phi) is 3.89. The lowest BCUT2D eigenvalue weighted by Gasteiger charge is -2.37. The molecule has 0 aromatic carbocycles. The van der Waals surface area contributed by atoms with Gasteiger partial charge < -0.3 is 15.5 Å². The van der Waals surface area contributed by atoms with Gasteiger partial charge in [0.25, 0.3) is 0 Å². The molecule has 1 fully saturated rings. The summed E-state index contributed by atoms with van der Waals surface area (Å²) in [6.45, 7) is 5.94. The van der Waals surface area contributed by atoms with E-state index in [1.165, 1.54) is 12.8 Å². The van der Waals surface area contributed by atoms with Crippen molar-refractivity contribution in [3.63, 3.8) is 0 Å². The predicted molar refractivity (Wildman–Crippen MR) is 69.7 cm³/mol. The van der Waals surface area contributed by atoms with Gasteiger partial charge in [-0.1, -0.05) is 19.8 Å². The molecule has 0 saturated heterocycles. The number of furan rings is 1. The fraction of sp³-hybridized carbons (Fsp3) is 0.714. The largest absolute Gasteiger partial charge is 0.465 e. The van der Waals surface area contributed by atoms with Crippen LogP contribution in [0.1, 0.15) is 44.1 Å². The van der Waals surface area contributed by atoms with Gasteiger partial charge in [0.2, 0.25) is 0 Å². The third kappa shape index (κ3) is 3.58. The van der Waals surface area contributed by atoms with E-state index in [4.69, 9.17) is 10.2 Å². The van der Waals surface area contributed by atoms with Crippen LogP contribution < -0.4 is 11.1 Å². The van der Waals surface area contributed by atoms with E-state index in [0.29, 0.717) is 0 Å². The molecule has 1 saturated carbocycles. The summed E-state index contributed by atoms with van der Waals surface area (Å²) in [7, 11) is 0. The SMILES string of the molecule is Cc1ccc(CNCC2(N)CCCC(C)C2)o1. The van der Waals surface area contributed by atoms with Crippen LogP contribution in [0.5, 0.6) is 0 Å². The Morgan fingerprint density at radius 1 is 1.53 bits per heavy atom. The average Bonchev–Trinajstić information content (AvgIpc) is 2.63. The van der Waals surface area contributed by atoms with Crippen LogP contribution in [0, 0.1) is 12.8 Å². The summed E-state index contributed by atoms with van der Waals surface area (Å²) in [5.74, 6) is 2.73. The van der Waals surface area contributed by atoms with Crippen molar-refractivity contribution in [1.82, 2.24) is 5.32 Å². The summed E-state index contributed by atoms with van der Waals surface area (Å²) < 4.78 is 5.52. The van der Waals surface area contributed by atoms with Gasteiger partial charge in [-0.05, 0) is 37.8 Å². The summed E-state index contributed by atoms with van der Waals surface area (Å²) in [6, 6.07) is 4.02. The van der Waals surface area contributed by atoms with E-state index in [2.05, 4.69) is 12.2 Å². The highest BCUT2D eigenvalue weighted by Gasteiger charge is 2.30. The number of hydrogen-bond donors (Lipinski definition) is 2. The van der Waals surface area contributed by atoms with Crippen molar-refractivity contribution >= 4 is 0 Å². The van der Waals surface area contributed by atoms with Crippen LogP contribution in [0.25, 0.3) is 0 Å². The first kappa shape index (κ1) is 12.7. The van der Waals surface area contributed by atoms with Crippen molar-refractivity contribution in [2.24, 2.45) is 11.7 Å². The van der Waals surface area contributed by atoms with Crippen LogP contribution in [0.15, 0.2) is 16.5 Å². The number of aryl methyl sites for hydroxylation is 1. The molecule has 1 aliphatic rings. The monoisotopic (exact) mass is 236 g/mol. The number of nitrogens with two attached hydrogens (primary N) is 1. The second-order valence-corrected chi connectivity index (χ2v) is 5.68. The first-order valence-corrected chi connectivity index (χ1v) is 6.62. The van der Waals surface area contributed by atoms with Crippen molar-refractivity contribution in [3.8, 4) is 0 Å². The van der Waals surface area contributed by atoms with Crippen molar-refractivity contribution in [2.45, 2.75) is 51.6 Å². The van der Waals surface area contributed by atoms with Crippen LogP contribution in [0.2, 0.25) is 0 Å².